The number of amides is 1. The molecule has 3 rings (SSSR count). The number of hydrogen-bond acceptors (Lipinski definition) is 4. The maximum absolute atomic E-state index is 12.5. The number of carbonyl (C=O) groups is 1. The molecule has 132 valence electrons. The SMILES string of the molecule is Cc1cccc(S(=O)(=O)NC[C@@H]2CC(=O)N(C)[C@H]2c2ccncc2)c1. The molecular formula is C18H21N3O3S. The number of nitrogens with zero attached hydrogens (tertiary/aromatic N) is 2. The fraction of sp³-hybridized carbons (Fsp3) is 0.333. The van der Waals surface area contributed by atoms with Crippen LogP contribution in [0.3, 0.4) is 0 Å². The third-order valence-corrected chi connectivity index (χ3v) is 6.00. The van der Waals surface area contributed by atoms with Gasteiger partial charge in [0, 0.05) is 38.3 Å². The van der Waals surface area contributed by atoms with Gasteiger partial charge in [0.15, 0.2) is 0 Å². The molecule has 0 saturated carbocycles. The molecule has 0 unspecified atom stereocenters. The van der Waals surface area contributed by atoms with Crippen LogP contribution in [0.4, 0.5) is 0 Å². The van der Waals surface area contributed by atoms with Crippen molar-refractivity contribution in [1.29, 1.82) is 0 Å². The molecule has 0 bridgehead atoms. The molecule has 2 heterocycles. The van der Waals surface area contributed by atoms with Crippen molar-refractivity contribution >= 4 is 15.9 Å². The molecule has 1 aliphatic rings. The lowest BCUT2D eigenvalue weighted by Crippen LogP contribution is -2.32. The van der Waals surface area contributed by atoms with Crippen molar-refractivity contribution in [3.8, 4) is 0 Å². The minimum absolute atomic E-state index is 0.0153. The van der Waals surface area contributed by atoms with E-state index in [0.29, 0.717) is 6.42 Å². The standard InChI is InChI=1S/C18H21N3O3S/c1-13-4-3-5-16(10-13)25(23,24)20-12-15-11-17(22)21(2)18(15)14-6-8-19-9-7-14/h3-10,15,18,20H,11-12H2,1-2H3/t15-,18-/m0/s1. The Hall–Kier alpha value is -2.25. The predicted molar refractivity (Wildman–Crippen MR) is 94.2 cm³/mol. The minimum Gasteiger partial charge on any atom is -0.338 e. The third-order valence-electron chi connectivity index (χ3n) is 4.58. The van der Waals surface area contributed by atoms with Crippen LogP contribution in [-0.4, -0.2) is 37.8 Å². The number of rotatable bonds is 5. The second kappa shape index (κ2) is 6.93. The molecule has 1 aromatic carbocycles. The number of hydrogen-bond donors (Lipinski definition) is 1. The first-order chi connectivity index (χ1) is 11.9. The van der Waals surface area contributed by atoms with Crippen molar-refractivity contribution in [3.63, 3.8) is 0 Å². The van der Waals surface area contributed by atoms with Crippen LogP contribution in [0.1, 0.15) is 23.6 Å². The van der Waals surface area contributed by atoms with E-state index in [1.165, 1.54) is 0 Å². The lowest BCUT2D eigenvalue weighted by molar-refractivity contribution is -0.127. The molecule has 1 aliphatic heterocycles. The van der Waals surface area contributed by atoms with Gasteiger partial charge in [0.1, 0.15) is 0 Å². The summed E-state index contributed by atoms with van der Waals surface area (Å²) in [6, 6.07) is 10.3. The van der Waals surface area contributed by atoms with E-state index in [1.54, 1.807) is 42.5 Å². The second-order valence-corrected chi connectivity index (χ2v) is 8.13. The quantitative estimate of drug-likeness (QED) is 0.884. The summed E-state index contributed by atoms with van der Waals surface area (Å²) in [5.74, 6) is -0.110. The molecule has 1 aromatic heterocycles. The van der Waals surface area contributed by atoms with Gasteiger partial charge in [-0.1, -0.05) is 12.1 Å². The Kier molecular flexibility index (Phi) is 4.87. The van der Waals surface area contributed by atoms with Crippen LogP contribution >= 0.6 is 0 Å². The van der Waals surface area contributed by atoms with Crippen LogP contribution in [-0.2, 0) is 14.8 Å². The van der Waals surface area contributed by atoms with Gasteiger partial charge in [-0.25, -0.2) is 13.1 Å². The van der Waals surface area contributed by atoms with E-state index in [9.17, 15) is 13.2 Å². The Labute approximate surface area is 147 Å². The minimum atomic E-state index is -3.60. The highest BCUT2D eigenvalue weighted by Crippen LogP contribution is 2.36. The zero-order valence-electron chi connectivity index (χ0n) is 14.2. The molecular weight excluding hydrogens is 338 g/mol. The van der Waals surface area contributed by atoms with Crippen LogP contribution in [0.15, 0.2) is 53.7 Å². The molecule has 1 N–H and O–H groups in total. The van der Waals surface area contributed by atoms with Gasteiger partial charge >= 0.3 is 0 Å². The molecule has 7 heteroatoms. The fourth-order valence-electron chi connectivity index (χ4n) is 3.27. The highest BCUT2D eigenvalue weighted by Gasteiger charge is 2.38. The van der Waals surface area contributed by atoms with Gasteiger partial charge < -0.3 is 4.90 Å². The van der Waals surface area contributed by atoms with Crippen molar-refractivity contribution in [2.75, 3.05) is 13.6 Å². The molecule has 1 fully saturated rings. The second-order valence-electron chi connectivity index (χ2n) is 6.36. The van der Waals surface area contributed by atoms with Gasteiger partial charge in [0.25, 0.3) is 0 Å². The molecule has 2 atom stereocenters. The third kappa shape index (κ3) is 3.72. The Bertz CT molecular complexity index is 868. The molecule has 0 spiro atoms. The molecule has 25 heavy (non-hydrogen) atoms. The van der Waals surface area contributed by atoms with E-state index >= 15 is 0 Å². The molecule has 0 aliphatic carbocycles. The van der Waals surface area contributed by atoms with Crippen molar-refractivity contribution in [2.45, 2.75) is 24.3 Å². The van der Waals surface area contributed by atoms with Crippen molar-refractivity contribution < 1.29 is 13.2 Å². The average Bonchev–Trinajstić information content (AvgIpc) is 2.88. The summed E-state index contributed by atoms with van der Waals surface area (Å²) in [5.41, 5.74) is 1.84. The highest BCUT2D eigenvalue weighted by molar-refractivity contribution is 7.89. The zero-order chi connectivity index (χ0) is 18.0. The van der Waals surface area contributed by atoms with Gasteiger partial charge in [-0.05, 0) is 42.3 Å². The molecule has 1 amide bonds. The van der Waals surface area contributed by atoms with Gasteiger partial charge in [-0.3, -0.25) is 9.78 Å². The summed E-state index contributed by atoms with van der Waals surface area (Å²) < 4.78 is 27.7. The molecule has 0 radical (unpaired) electrons. The number of pyridine rings is 1. The Morgan fingerprint density at radius 1 is 1.24 bits per heavy atom. The predicted octanol–water partition coefficient (Wildman–Crippen LogP) is 1.89. The van der Waals surface area contributed by atoms with Crippen LogP contribution in [0.25, 0.3) is 0 Å². The van der Waals surface area contributed by atoms with Gasteiger partial charge in [0.05, 0.1) is 10.9 Å². The highest BCUT2D eigenvalue weighted by atomic mass is 32.2. The smallest absolute Gasteiger partial charge is 0.240 e. The Morgan fingerprint density at radius 3 is 2.64 bits per heavy atom. The van der Waals surface area contributed by atoms with Gasteiger partial charge in [0.2, 0.25) is 15.9 Å². The summed E-state index contributed by atoms with van der Waals surface area (Å²) in [4.78, 5) is 18.1. The lowest BCUT2D eigenvalue weighted by Gasteiger charge is -2.25. The number of sulfonamides is 1. The lowest BCUT2D eigenvalue weighted by atomic mass is 9.95. The Balaban J connectivity index is 1.78. The largest absolute Gasteiger partial charge is 0.338 e. The van der Waals surface area contributed by atoms with E-state index in [0.717, 1.165) is 11.1 Å². The fourth-order valence-corrected chi connectivity index (χ4v) is 4.47. The monoisotopic (exact) mass is 359 g/mol. The van der Waals surface area contributed by atoms with Crippen molar-refractivity contribution in [1.82, 2.24) is 14.6 Å². The van der Waals surface area contributed by atoms with Crippen LogP contribution in [0.5, 0.6) is 0 Å². The van der Waals surface area contributed by atoms with E-state index in [-0.39, 0.29) is 29.3 Å². The summed E-state index contributed by atoms with van der Waals surface area (Å²) in [7, 11) is -1.85. The van der Waals surface area contributed by atoms with Crippen LogP contribution in [0, 0.1) is 12.8 Å². The summed E-state index contributed by atoms with van der Waals surface area (Å²) in [6.45, 7) is 2.06. The van der Waals surface area contributed by atoms with Crippen LogP contribution in [0.2, 0.25) is 0 Å². The summed E-state index contributed by atoms with van der Waals surface area (Å²) in [5, 5.41) is 0. The number of carbonyl (C=O) groups excluding carboxylic acids is 1. The molecule has 1 saturated heterocycles. The normalized spacial score (nSPS) is 20.9. The molecule has 2 aromatic rings. The number of benzene rings is 1. The first-order valence-corrected chi connectivity index (χ1v) is 9.59. The van der Waals surface area contributed by atoms with Gasteiger partial charge in [-0.15, -0.1) is 0 Å². The van der Waals surface area contributed by atoms with Crippen molar-refractivity contribution in [2.24, 2.45) is 5.92 Å². The average molecular weight is 359 g/mol. The van der Waals surface area contributed by atoms with E-state index in [4.69, 9.17) is 0 Å². The topological polar surface area (TPSA) is 79.4 Å². The van der Waals surface area contributed by atoms with E-state index in [2.05, 4.69) is 9.71 Å². The maximum atomic E-state index is 12.5. The van der Waals surface area contributed by atoms with E-state index in [1.807, 2.05) is 25.1 Å². The molecule has 6 nitrogen and oxygen atoms in total. The summed E-state index contributed by atoms with van der Waals surface area (Å²) in [6.07, 6.45) is 3.68. The maximum Gasteiger partial charge on any atom is 0.240 e. The number of likely N-dealkylation sites (tertiary alicyclic amines) is 1. The van der Waals surface area contributed by atoms with Gasteiger partial charge in [-0.2, -0.15) is 0 Å². The Morgan fingerprint density at radius 2 is 1.96 bits per heavy atom. The first kappa shape index (κ1) is 17.6. The number of aryl methyl sites for hydroxylation is 1. The zero-order valence-corrected chi connectivity index (χ0v) is 15.0. The van der Waals surface area contributed by atoms with Crippen LogP contribution < -0.4 is 4.72 Å². The van der Waals surface area contributed by atoms with Crippen molar-refractivity contribution in [3.05, 3.63) is 59.9 Å². The first-order valence-electron chi connectivity index (χ1n) is 8.10. The number of nitrogens with one attached hydrogen (secondary N) is 1. The number of aromatic nitrogens is 1. The summed E-state index contributed by atoms with van der Waals surface area (Å²) >= 11 is 0. The van der Waals surface area contributed by atoms with E-state index < -0.39 is 10.0 Å².